The van der Waals surface area contributed by atoms with E-state index < -0.39 is 39.2 Å². The quantitative estimate of drug-likeness (QED) is 0.0237. The molecule has 0 aliphatic rings. The highest BCUT2D eigenvalue weighted by Crippen LogP contribution is 2.43. The third-order valence-corrected chi connectivity index (χ3v) is 10.9. The number of rotatable bonds is 45. The summed E-state index contributed by atoms with van der Waals surface area (Å²) in [6.07, 6.45) is 53.1. The number of phosphoric acid groups is 1. The summed E-state index contributed by atoms with van der Waals surface area (Å²) in [4.78, 5) is 22.6. The molecule has 0 radical (unpaired) electrons. The Balaban J connectivity index is 4.17. The summed E-state index contributed by atoms with van der Waals surface area (Å²) in [6, 6.07) is 0. The molecule has 0 bridgehead atoms. The molecule has 10 heteroatoms. The molecule has 3 atom stereocenters. The van der Waals surface area contributed by atoms with Gasteiger partial charge in [0.05, 0.1) is 26.4 Å². The molecule has 0 aliphatic carbocycles. The highest BCUT2D eigenvalue weighted by atomic mass is 31.2. The molecule has 0 rings (SSSR count). The van der Waals surface area contributed by atoms with Crippen molar-refractivity contribution >= 4 is 13.8 Å². The van der Waals surface area contributed by atoms with E-state index in [-0.39, 0.29) is 19.6 Å². The van der Waals surface area contributed by atoms with Gasteiger partial charge in [0.25, 0.3) is 0 Å². The number of ether oxygens (including phenoxy) is 2. The van der Waals surface area contributed by atoms with Crippen LogP contribution < -0.4 is 0 Å². The first-order chi connectivity index (χ1) is 28.8. The molecule has 0 amide bonds. The predicted molar refractivity (Wildman–Crippen MR) is 246 cm³/mol. The van der Waals surface area contributed by atoms with E-state index in [0.29, 0.717) is 13.0 Å². The number of carbonyl (C=O) groups is 1. The van der Waals surface area contributed by atoms with Gasteiger partial charge in [-0.1, -0.05) is 171 Å². The Bertz CT molecular complexity index is 1100. The van der Waals surface area contributed by atoms with Crippen molar-refractivity contribution in [2.24, 2.45) is 0 Å². The Morgan fingerprint density at radius 1 is 0.525 bits per heavy atom. The average Bonchev–Trinajstić information content (AvgIpc) is 3.23. The predicted octanol–water partition coefficient (Wildman–Crippen LogP) is 13.5. The zero-order chi connectivity index (χ0) is 43.2. The molecule has 3 N–H and O–H groups in total. The van der Waals surface area contributed by atoms with Crippen LogP contribution in [0.3, 0.4) is 0 Å². The average molecular weight is 853 g/mol. The lowest BCUT2D eigenvalue weighted by atomic mass is 10.1. The van der Waals surface area contributed by atoms with E-state index in [2.05, 4.69) is 74.6 Å². The monoisotopic (exact) mass is 853 g/mol. The molecule has 0 heterocycles. The summed E-state index contributed by atoms with van der Waals surface area (Å²) >= 11 is 0. The number of esters is 1. The standard InChI is InChI=1S/C49H89O9P/c1-3-5-7-9-11-13-15-17-19-21-23-25-27-29-31-33-35-37-39-41-49(52)58-48(46-57-59(53,54)56-44-47(51)43-50)45-55-42-40-38-36-34-32-30-28-26-24-22-20-18-16-14-12-10-8-6-4-2/h11,13-14,16-17,19-20,22-23,25,47-48,50-51H,3-10,12,15,18,21,24,26-46H2,1-2H3,(H,53,54)/b13-11-,16-14-,19-17-,22-20-,25-23-. The Morgan fingerprint density at radius 3 is 1.41 bits per heavy atom. The molecule has 0 fully saturated rings. The number of aliphatic hydroxyl groups is 2. The lowest BCUT2D eigenvalue weighted by molar-refractivity contribution is -0.154. The van der Waals surface area contributed by atoms with Crippen molar-refractivity contribution in [1.29, 1.82) is 0 Å². The van der Waals surface area contributed by atoms with Gasteiger partial charge in [0.2, 0.25) is 0 Å². The largest absolute Gasteiger partial charge is 0.472 e. The van der Waals surface area contributed by atoms with E-state index in [1.807, 2.05) is 0 Å². The number of hydrogen-bond acceptors (Lipinski definition) is 8. The molecule has 59 heavy (non-hydrogen) atoms. The highest BCUT2D eigenvalue weighted by molar-refractivity contribution is 7.47. The smallest absolute Gasteiger partial charge is 0.457 e. The first kappa shape index (κ1) is 57.2. The maximum atomic E-state index is 12.7. The molecule has 3 unspecified atom stereocenters. The molecule has 0 aliphatic heterocycles. The van der Waals surface area contributed by atoms with Crippen molar-refractivity contribution in [2.75, 3.05) is 33.0 Å². The Labute approximate surface area is 361 Å². The van der Waals surface area contributed by atoms with Gasteiger partial charge in [0.15, 0.2) is 0 Å². The van der Waals surface area contributed by atoms with Crippen molar-refractivity contribution in [3.8, 4) is 0 Å². The first-order valence-corrected chi connectivity index (χ1v) is 25.3. The minimum Gasteiger partial charge on any atom is -0.457 e. The summed E-state index contributed by atoms with van der Waals surface area (Å²) in [5.74, 6) is -0.398. The van der Waals surface area contributed by atoms with Gasteiger partial charge in [-0.2, -0.15) is 0 Å². The second-order valence-corrected chi connectivity index (χ2v) is 17.2. The van der Waals surface area contributed by atoms with Crippen LogP contribution in [0.15, 0.2) is 60.8 Å². The van der Waals surface area contributed by atoms with E-state index in [0.717, 1.165) is 77.0 Å². The van der Waals surface area contributed by atoms with Gasteiger partial charge in [0.1, 0.15) is 12.2 Å². The van der Waals surface area contributed by atoms with Crippen LogP contribution in [-0.4, -0.2) is 66.3 Å². The van der Waals surface area contributed by atoms with Crippen LogP contribution in [0.2, 0.25) is 0 Å². The zero-order valence-corrected chi connectivity index (χ0v) is 38.6. The summed E-state index contributed by atoms with van der Waals surface area (Å²) in [7, 11) is -4.53. The van der Waals surface area contributed by atoms with E-state index in [4.69, 9.17) is 23.6 Å². The molecule has 344 valence electrons. The summed E-state index contributed by atoms with van der Waals surface area (Å²) in [6.45, 7) is 3.45. The van der Waals surface area contributed by atoms with Gasteiger partial charge in [-0.3, -0.25) is 13.8 Å². The first-order valence-electron chi connectivity index (χ1n) is 23.8. The molecule has 0 saturated carbocycles. The maximum Gasteiger partial charge on any atom is 0.472 e. The molecule has 0 aromatic carbocycles. The minimum atomic E-state index is -4.53. The second kappa shape index (κ2) is 45.7. The van der Waals surface area contributed by atoms with Crippen molar-refractivity contribution in [3.63, 3.8) is 0 Å². The van der Waals surface area contributed by atoms with Crippen LogP contribution in [0.4, 0.5) is 0 Å². The van der Waals surface area contributed by atoms with Gasteiger partial charge >= 0.3 is 13.8 Å². The van der Waals surface area contributed by atoms with Crippen molar-refractivity contribution in [2.45, 2.75) is 212 Å². The fourth-order valence-corrected chi connectivity index (χ4v) is 7.06. The second-order valence-electron chi connectivity index (χ2n) is 15.8. The topological polar surface area (TPSA) is 132 Å². The molecule has 0 aromatic heterocycles. The van der Waals surface area contributed by atoms with E-state index in [9.17, 15) is 19.4 Å². The molecular weight excluding hydrogens is 764 g/mol. The molecule has 0 spiro atoms. The van der Waals surface area contributed by atoms with E-state index in [1.54, 1.807) is 0 Å². The van der Waals surface area contributed by atoms with E-state index >= 15 is 0 Å². The number of aliphatic hydroxyl groups excluding tert-OH is 2. The van der Waals surface area contributed by atoms with Gasteiger partial charge < -0.3 is 24.6 Å². The third kappa shape index (κ3) is 45.5. The Morgan fingerprint density at radius 2 is 0.915 bits per heavy atom. The molecular formula is C49H89O9P. The fraction of sp³-hybridized carbons (Fsp3) is 0.776. The summed E-state index contributed by atoms with van der Waals surface area (Å²) in [5, 5.41) is 18.4. The van der Waals surface area contributed by atoms with Gasteiger partial charge in [-0.25, -0.2) is 4.57 Å². The van der Waals surface area contributed by atoms with Gasteiger partial charge in [-0.05, 0) is 83.5 Å². The normalized spacial score (nSPS) is 14.5. The van der Waals surface area contributed by atoms with Crippen molar-refractivity contribution in [3.05, 3.63) is 60.8 Å². The maximum absolute atomic E-state index is 12.7. The minimum absolute atomic E-state index is 0.0378. The fourth-order valence-electron chi connectivity index (χ4n) is 6.27. The van der Waals surface area contributed by atoms with Crippen molar-refractivity contribution in [1.82, 2.24) is 0 Å². The highest BCUT2D eigenvalue weighted by Gasteiger charge is 2.26. The number of unbranched alkanes of at least 4 members (excludes halogenated alkanes) is 21. The van der Waals surface area contributed by atoms with Crippen molar-refractivity contribution < 1.29 is 43.0 Å². The van der Waals surface area contributed by atoms with Crippen LogP contribution >= 0.6 is 7.82 Å². The molecule has 0 saturated heterocycles. The van der Waals surface area contributed by atoms with Crippen LogP contribution in [-0.2, 0) is 27.9 Å². The van der Waals surface area contributed by atoms with Crippen LogP contribution in [0.25, 0.3) is 0 Å². The van der Waals surface area contributed by atoms with E-state index in [1.165, 1.54) is 96.3 Å². The third-order valence-electron chi connectivity index (χ3n) is 9.93. The lowest BCUT2D eigenvalue weighted by Gasteiger charge is -2.20. The summed E-state index contributed by atoms with van der Waals surface area (Å²) < 4.78 is 33.4. The van der Waals surface area contributed by atoms with Gasteiger partial charge in [-0.15, -0.1) is 0 Å². The molecule has 9 nitrogen and oxygen atoms in total. The van der Waals surface area contributed by atoms with Crippen LogP contribution in [0, 0.1) is 0 Å². The van der Waals surface area contributed by atoms with Crippen LogP contribution in [0.5, 0.6) is 0 Å². The number of hydrogen-bond donors (Lipinski definition) is 3. The SMILES string of the molecule is CCCCC/C=C\C/C=C\C/C=C\CCCCCCCCC(=O)OC(COCCCCCCCCCC/C=C\C/C=C\CCCCCC)COP(=O)(O)OCC(O)CO. The molecule has 0 aromatic rings. The summed E-state index contributed by atoms with van der Waals surface area (Å²) in [5.41, 5.74) is 0. The van der Waals surface area contributed by atoms with Crippen LogP contribution in [0.1, 0.15) is 200 Å². The van der Waals surface area contributed by atoms with Gasteiger partial charge in [0, 0.05) is 13.0 Å². The zero-order valence-electron chi connectivity index (χ0n) is 37.7. The number of phosphoric ester groups is 1. The lowest BCUT2D eigenvalue weighted by Crippen LogP contribution is -2.29. The Kier molecular flexibility index (Phi) is 44.3. The number of carbonyl (C=O) groups excluding carboxylic acids is 1. The number of allylic oxidation sites excluding steroid dienone is 10. The Hall–Kier alpha value is -1.84.